The van der Waals surface area contributed by atoms with Crippen molar-refractivity contribution in [2.75, 3.05) is 18.8 Å². The van der Waals surface area contributed by atoms with Crippen molar-refractivity contribution in [2.45, 2.75) is 44.9 Å². The number of aromatic nitrogens is 2. The van der Waals surface area contributed by atoms with Crippen molar-refractivity contribution in [3.05, 3.63) is 28.9 Å². The average molecular weight is 381 g/mol. The van der Waals surface area contributed by atoms with Gasteiger partial charge in [0.05, 0.1) is 12.1 Å². The highest BCUT2D eigenvalue weighted by Gasteiger charge is 2.35. The second-order valence-corrected chi connectivity index (χ2v) is 7.91. The minimum Gasteiger partial charge on any atom is -0.444 e. The third-order valence-electron chi connectivity index (χ3n) is 4.31. The number of fused-ring (bicyclic) bond motifs is 1. The lowest BCUT2D eigenvalue weighted by Gasteiger charge is -2.36. The Kier molecular flexibility index (Phi) is 4.92. The summed E-state index contributed by atoms with van der Waals surface area (Å²) in [6.45, 7) is 5.73. The number of carbonyl (C=O) groups is 1. The number of benzene rings is 1. The summed E-state index contributed by atoms with van der Waals surface area (Å²) in [4.78, 5) is 21.7. The van der Waals surface area contributed by atoms with Crippen molar-refractivity contribution in [1.82, 2.24) is 14.9 Å². The largest absolute Gasteiger partial charge is 0.444 e. The first-order valence-electron chi connectivity index (χ1n) is 8.48. The van der Waals surface area contributed by atoms with E-state index < -0.39 is 23.8 Å². The number of carbonyl (C=O) groups excluding carboxylic acids is 1. The number of nitrogens with zero attached hydrogens (tertiary/aromatic N) is 3. The van der Waals surface area contributed by atoms with Gasteiger partial charge in [-0.05, 0) is 44.9 Å². The van der Waals surface area contributed by atoms with Crippen molar-refractivity contribution in [1.29, 1.82) is 0 Å². The second-order valence-electron chi connectivity index (χ2n) is 7.50. The molecule has 2 N–H and O–H groups in total. The number of piperidine rings is 1. The molecule has 1 aromatic heterocycles. The normalized spacial score (nSPS) is 21.0. The number of hydrogen-bond acceptors (Lipinski definition) is 5. The van der Waals surface area contributed by atoms with Crippen molar-refractivity contribution >= 4 is 34.5 Å². The van der Waals surface area contributed by atoms with E-state index >= 15 is 0 Å². The number of hydrogen-bond donors (Lipinski definition) is 1. The maximum atomic E-state index is 14.9. The van der Waals surface area contributed by atoms with Crippen LogP contribution in [0.15, 0.2) is 18.3 Å². The van der Waals surface area contributed by atoms with E-state index in [1.807, 2.05) is 0 Å². The SMILES string of the molecule is CC(C)(C)OC(=O)N1CC[C@@H](c2cc3nc(N)ncc3cc2Cl)C(F)C1. The lowest BCUT2D eigenvalue weighted by atomic mass is 9.87. The predicted octanol–water partition coefficient (Wildman–Crippen LogP) is 3.93. The number of nitrogen functional groups attached to an aromatic ring is 1. The van der Waals surface area contributed by atoms with Crippen molar-refractivity contribution in [2.24, 2.45) is 0 Å². The highest BCUT2D eigenvalue weighted by atomic mass is 35.5. The molecule has 3 rings (SSSR count). The number of halogens is 2. The van der Waals surface area contributed by atoms with Crippen molar-refractivity contribution in [3.63, 3.8) is 0 Å². The first kappa shape index (κ1) is 18.6. The number of likely N-dealkylation sites (tertiary alicyclic amines) is 1. The van der Waals surface area contributed by atoms with Crippen LogP contribution in [-0.4, -0.2) is 45.8 Å². The van der Waals surface area contributed by atoms with Crippen LogP contribution >= 0.6 is 11.6 Å². The van der Waals surface area contributed by atoms with Gasteiger partial charge in [0.25, 0.3) is 0 Å². The first-order chi connectivity index (χ1) is 12.1. The van der Waals surface area contributed by atoms with Crippen LogP contribution in [0, 0.1) is 0 Å². The molecule has 2 aromatic rings. The van der Waals surface area contributed by atoms with Crippen LogP contribution in [0.5, 0.6) is 0 Å². The molecule has 0 aliphatic carbocycles. The molecule has 1 saturated heterocycles. The van der Waals surface area contributed by atoms with Gasteiger partial charge in [-0.3, -0.25) is 0 Å². The average Bonchev–Trinajstić information content (AvgIpc) is 2.53. The number of ether oxygens (including phenoxy) is 1. The van der Waals surface area contributed by atoms with Crippen LogP contribution in [0.25, 0.3) is 10.9 Å². The molecule has 26 heavy (non-hydrogen) atoms. The summed E-state index contributed by atoms with van der Waals surface area (Å²) >= 11 is 6.37. The van der Waals surface area contributed by atoms with E-state index in [2.05, 4.69) is 9.97 Å². The fraction of sp³-hybridized carbons (Fsp3) is 0.500. The molecule has 1 amide bonds. The van der Waals surface area contributed by atoms with E-state index in [0.717, 1.165) is 5.39 Å². The maximum absolute atomic E-state index is 14.9. The van der Waals surface area contributed by atoms with E-state index in [9.17, 15) is 9.18 Å². The zero-order valence-electron chi connectivity index (χ0n) is 15.0. The van der Waals surface area contributed by atoms with Crippen molar-refractivity contribution in [3.8, 4) is 0 Å². The quantitative estimate of drug-likeness (QED) is 0.810. The molecule has 8 heteroatoms. The van der Waals surface area contributed by atoms with Crippen LogP contribution in [0.4, 0.5) is 15.1 Å². The van der Waals surface area contributed by atoms with Gasteiger partial charge in [-0.1, -0.05) is 11.6 Å². The molecule has 0 radical (unpaired) electrons. The Bertz CT molecular complexity index is 840. The summed E-state index contributed by atoms with van der Waals surface area (Å²) in [6.07, 6.45) is 0.298. The lowest BCUT2D eigenvalue weighted by Crippen LogP contribution is -2.46. The summed E-state index contributed by atoms with van der Waals surface area (Å²) in [5, 5.41) is 1.21. The molecule has 1 aromatic carbocycles. The summed E-state index contributed by atoms with van der Waals surface area (Å²) in [5.74, 6) is -0.260. The molecule has 6 nitrogen and oxygen atoms in total. The Balaban J connectivity index is 1.80. The van der Waals surface area contributed by atoms with Crippen LogP contribution in [0.1, 0.15) is 38.7 Å². The Labute approximate surface area is 156 Å². The fourth-order valence-corrected chi connectivity index (χ4v) is 3.43. The molecule has 0 bridgehead atoms. The molecular weight excluding hydrogens is 359 g/mol. The molecular formula is C18H22ClFN4O2. The van der Waals surface area contributed by atoms with Gasteiger partial charge in [0.2, 0.25) is 5.95 Å². The Morgan fingerprint density at radius 3 is 2.81 bits per heavy atom. The summed E-state index contributed by atoms with van der Waals surface area (Å²) in [6, 6.07) is 3.48. The van der Waals surface area contributed by atoms with Crippen molar-refractivity contribution < 1.29 is 13.9 Å². The van der Waals surface area contributed by atoms with Crippen LogP contribution in [0.2, 0.25) is 5.02 Å². The Morgan fingerprint density at radius 2 is 2.15 bits per heavy atom. The van der Waals surface area contributed by atoms with Gasteiger partial charge in [-0.2, -0.15) is 0 Å². The first-order valence-corrected chi connectivity index (χ1v) is 8.85. The topological polar surface area (TPSA) is 81.3 Å². The van der Waals surface area contributed by atoms with Gasteiger partial charge < -0.3 is 15.4 Å². The third-order valence-corrected chi connectivity index (χ3v) is 4.64. The monoisotopic (exact) mass is 380 g/mol. The zero-order valence-corrected chi connectivity index (χ0v) is 15.8. The number of nitrogens with two attached hydrogens (primary N) is 1. The van der Waals surface area contributed by atoms with Gasteiger partial charge in [0, 0.05) is 29.1 Å². The minimum absolute atomic E-state index is 0.0279. The van der Waals surface area contributed by atoms with Crippen LogP contribution in [-0.2, 0) is 4.74 Å². The van der Waals surface area contributed by atoms with E-state index in [1.54, 1.807) is 39.1 Å². The van der Waals surface area contributed by atoms with E-state index in [0.29, 0.717) is 29.1 Å². The summed E-state index contributed by atoms with van der Waals surface area (Å²) < 4.78 is 20.2. The summed E-state index contributed by atoms with van der Waals surface area (Å²) in [7, 11) is 0. The maximum Gasteiger partial charge on any atom is 0.410 e. The van der Waals surface area contributed by atoms with Gasteiger partial charge in [0.15, 0.2) is 0 Å². The third kappa shape index (κ3) is 3.98. The molecule has 2 atom stereocenters. The standard InChI is InChI=1S/C18H22ClFN4O2/c1-18(2,3)26-17(25)24-5-4-11(14(20)9-24)12-7-15-10(6-13(12)19)8-22-16(21)23-15/h6-8,11,14H,4-5,9H2,1-3H3,(H2,21,22,23)/t11-,14?/m0/s1. The number of anilines is 1. The molecule has 1 unspecified atom stereocenters. The molecule has 0 spiro atoms. The number of alkyl halides is 1. The zero-order chi connectivity index (χ0) is 19.1. The molecule has 1 fully saturated rings. The van der Waals surface area contributed by atoms with E-state index in [1.165, 1.54) is 4.90 Å². The number of rotatable bonds is 1. The predicted molar refractivity (Wildman–Crippen MR) is 99.0 cm³/mol. The van der Waals surface area contributed by atoms with Gasteiger partial charge >= 0.3 is 6.09 Å². The van der Waals surface area contributed by atoms with Gasteiger partial charge in [-0.25, -0.2) is 19.2 Å². The molecule has 2 heterocycles. The van der Waals surface area contributed by atoms with Gasteiger partial charge in [0.1, 0.15) is 11.8 Å². The smallest absolute Gasteiger partial charge is 0.410 e. The highest BCUT2D eigenvalue weighted by molar-refractivity contribution is 6.32. The number of amides is 1. The minimum atomic E-state index is -1.24. The van der Waals surface area contributed by atoms with Gasteiger partial charge in [-0.15, -0.1) is 0 Å². The fourth-order valence-electron chi connectivity index (χ4n) is 3.11. The Hall–Kier alpha value is -2.15. The summed E-state index contributed by atoms with van der Waals surface area (Å²) in [5.41, 5.74) is 6.32. The molecule has 140 valence electrons. The molecule has 1 aliphatic rings. The molecule has 0 saturated carbocycles. The van der Waals surface area contributed by atoms with Crippen LogP contribution < -0.4 is 5.73 Å². The van der Waals surface area contributed by atoms with Crippen LogP contribution in [0.3, 0.4) is 0 Å². The highest BCUT2D eigenvalue weighted by Crippen LogP contribution is 2.37. The second kappa shape index (κ2) is 6.87. The van der Waals surface area contributed by atoms with E-state index in [4.69, 9.17) is 22.1 Å². The lowest BCUT2D eigenvalue weighted by molar-refractivity contribution is 0.0111. The Morgan fingerprint density at radius 1 is 1.42 bits per heavy atom. The molecule has 1 aliphatic heterocycles. The van der Waals surface area contributed by atoms with E-state index in [-0.39, 0.29) is 12.5 Å².